The maximum absolute atomic E-state index is 12.7. The number of rotatable bonds is 4. The number of aryl methyl sites for hydroxylation is 1. The van der Waals surface area contributed by atoms with Crippen LogP contribution in [0.4, 0.5) is 13.2 Å². The van der Waals surface area contributed by atoms with Crippen molar-refractivity contribution in [2.75, 3.05) is 13.7 Å². The van der Waals surface area contributed by atoms with Crippen molar-refractivity contribution in [1.29, 1.82) is 0 Å². The molecular formula is C14H14F3NO2. The van der Waals surface area contributed by atoms with Crippen LogP contribution in [0.5, 0.6) is 0 Å². The lowest BCUT2D eigenvalue weighted by molar-refractivity contribution is -0.0884. The molecule has 0 spiro atoms. The van der Waals surface area contributed by atoms with Gasteiger partial charge in [-0.3, -0.25) is 4.79 Å². The van der Waals surface area contributed by atoms with Crippen LogP contribution in [0.2, 0.25) is 0 Å². The molecule has 108 valence electrons. The molecule has 20 heavy (non-hydrogen) atoms. The average Bonchev–Trinajstić information content (AvgIpc) is 2.74. The predicted octanol–water partition coefficient (Wildman–Crippen LogP) is 3.34. The molecule has 0 saturated heterocycles. The normalized spacial score (nSPS) is 12.1. The Morgan fingerprint density at radius 1 is 1.35 bits per heavy atom. The van der Waals surface area contributed by atoms with Gasteiger partial charge in [0.15, 0.2) is 0 Å². The lowest BCUT2D eigenvalue weighted by Crippen LogP contribution is -2.22. The van der Waals surface area contributed by atoms with Crippen LogP contribution in [0.15, 0.2) is 24.4 Å². The SMILES string of the molecule is COCCn1cc(C(=O)C(F)(F)F)c2c(C)cccc21. The minimum Gasteiger partial charge on any atom is -0.383 e. The van der Waals surface area contributed by atoms with Gasteiger partial charge in [-0.15, -0.1) is 0 Å². The number of ketones is 1. The number of benzene rings is 1. The largest absolute Gasteiger partial charge is 0.454 e. The number of halogens is 3. The van der Waals surface area contributed by atoms with E-state index in [4.69, 9.17) is 4.74 Å². The van der Waals surface area contributed by atoms with Gasteiger partial charge in [0.2, 0.25) is 0 Å². The summed E-state index contributed by atoms with van der Waals surface area (Å²) in [6, 6.07) is 5.14. The minimum absolute atomic E-state index is 0.304. The molecule has 1 aromatic heterocycles. The molecule has 2 rings (SSSR count). The molecule has 0 amide bonds. The van der Waals surface area contributed by atoms with Crippen LogP contribution in [-0.4, -0.2) is 30.2 Å². The van der Waals surface area contributed by atoms with Gasteiger partial charge in [0.05, 0.1) is 12.2 Å². The van der Waals surface area contributed by atoms with Crippen molar-refractivity contribution in [3.8, 4) is 0 Å². The summed E-state index contributed by atoms with van der Waals surface area (Å²) >= 11 is 0. The Balaban J connectivity index is 2.63. The van der Waals surface area contributed by atoms with Crippen molar-refractivity contribution >= 4 is 16.7 Å². The Bertz CT molecular complexity index is 644. The number of ether oxygens (including phenoxy) is 1. The fourth-order valence-electron chi connectivity index (χ4n) is 2.23. The highest BCUT2D eigenvalue weighted by atomic mass is 19.4. The summed E-state index contributed by atoms with van der Waals surface area (Å²) in [6.45, 7) is 2.44. The van der Waals surface area contributed by atoms with E-state index in [1.165, 1.54) is 13.3 Å². The second-order valence-corrected chi connectivity index (χ2v) is 4.52. The summed E-state index contributed by atoms with van der Waals surface area (Å²) in [5.74, 6) is -1.81. The number of carbonyl (C=O) groups excluding carboxylic acids is 1. The molecule has 0 N–H and O–H groups in total. The summed E-state index contributed by atoms with van der Waals surface area (Å²) < 4.78 is 44.6. The van der Waals surface area contributed by atoms with Gasteiger partial charge < -0.3 is 9.30 Å². The molecule has 0 radical (unpaired) electrons. The fourth-order valence-corrected chi connectivity index (χ4v) is 2.23. The van der Waals surface area contributed by atoms with Crippen molar-refractivity contribution in [2.24, 2.45) is 0 Å². The first-order valence-electron chi connectivity index (χ1n) is 6.05. The monoisotopic (exact) mass is 285 g/mol. The zero-order valence-electron chi connectivity index (χ0n) is 11.1. The van der Waals surface area contributed by atoms with Gasteiger partial charge in [-0.1, -0.05) is 12.1 Å². The summed E-state index contributed by atoms with van der Waals surface area (Å²) in [5.41, 5.74) is 0.947. The van der Waals surface area contributed by atoms with E-state index in [-0.39, 0.29) is 5.56 Å². The zero-order chi connectivity index (χ0) is 14.9. The second kappa shape index (κ2) is 5.28. The molecule has 1 heterocycles. The Hall–Kier alpha value is -1.82. The number of nitrogens with zero attached hydrogens (tertiary/aromatic N) is 1. The first kappa shape index (κ1) is 14.6. The second-order valence-electron chi connectivity index (χ2n) is 4.52. The van der Waals surface area contributed by atoms with Crippen LogP contribution >= 0.6 is 0 Å². The van der Waals surface area contributed by atoms with E-state index in [2.05, 4.69) is 0 Å². The smallest absolute Gasteiger partial charge is 0.383 e. The van der Waals surface area contributed by atoms with Gasteiger partial charge in [-0.2, -0.15) is 13.2 Å². The van der Waals surface area contributed by atoms with Crippen molar-refractivity contribution in [3.63, 3.8) is 0 Å². The molecule has 0 fully saturated rings. The van der Waals surface area contributed by atoms with Crippen LogP contribution in [0.3, 0.4) is 0 Å². The third-order valence-electron chi connectivity index (χ3n) is 3.15. The molecular weight excluding hydrogens is 271 g/mol. The Morgan fingerprint density at radius 2 is 2.05 bits per heavy atom. The fraction of sp³-hybridized carbons (Fsp3) is 0.357. The highest BCUT2D eigenvalue weighted by Crippen LogP contribution is 2.30. The standard InChI is InChI=1S/C14H14F3NO2/c1-9-4-3-5-11-12(9)10(13(19)14(15,16)17)8-18(11)6-7-20-2/h3-5,8H,6-7H2,1-2H3. The number of methoxy groups -OCH3 is 1. The molecule has 3 nitrogen and oxygen atoms in total. The molecule has 0 aliphatic rings. The lowest BCUT2D eigenvalue weighted by atomic mass is 10.0. The van der Waals surface area contributed by atoms with Crippen molar-refractivity contribution in [2.45, 2.75) is 19.6 Å². The number of Topliss-reactive ketones (excluding diaryl/α,β-unsaturated/α-hetero) is 1. The third-order valence-corrected chi connectivity index (χ3v) is 3.15. The molecule has 0 aliphatic carbocycles. The lowest BCUT2D eigenvalue weighted by Gasteiger charge is -2.05. The van der Waals surface area contributed by atoms with E-state index in [0.717, 1.165) is 0 Å². The van der Waals surface area contributed by atoms with Crippen LogP contribution in [0, 0.1) is 6.92 Å². The predicted molar refractivity (Wildman–Crippen MR) is 68.9 cm³/mol. The van der Waals surface area contributed by atoms with E-state index in [0.29, 0.717) is 29.6 Å². The number of carbonyl (C=O) groups is 1. The molecule has 0 atom stereocenters. The highest BCUT2D eigenvalue weighted by Gasteiger charge is 2.41. The maximum Gasteiger partial charge on any atom is 0.454 e. The van der Waals surface area contributed by atoms with E-state index in [1.807, 2.05) is 0 Å². The Morgan fingerprint density at radius 3 is 2.65 bits per heavy atom. The van der Waals surface area contributed by atoms with Crippen LogP contribution < -0.4 is 0 Å². The Kier molecular flexibility index (Phi) is 3.85. The van der Waals surface area contributed by atoms with E-state index in [1.54, 1.807) is 29.7 Å². The van der Waals surface area contributed by atoms with E-state index >= 15 is 0 Å². The van der Waals surface area contributed by atoms with Crippen LogP contribution in [-0.2, 0) is 11.3 Å². The van der Waals surface area contributed by atoms with Crippen LogP contribution in [0.1, 0.15) is 15.9 Å². The topological polar surface area (TPSA) is 31.2 Å². The van der Waals surface area contributed by atoms with Gasteiger partial charge in [0.1, 0.15) is 0 Å². The Labute approximate surface area is 113 Å². The first-order valence-corrected chi connectivity index (χ1v) is 6.05. The minimum atomic E-state index is -4.87. The van der Waals surface area contributed by atoms with Gasteiger partial charge >= 0.3 is 6.18 Å². The summed E-state index contributed by atoms with van der Waals surface area (Å²) in [4.78, 5) is 11.5. The molecule has 0 saturated carbocycles. The molecule has 0 unspecified atom stereocenters. The van der Waals surface area contributed by atoms with Gasteiger partial charge in [-0.05, 0) is 18.6 Å². The van der Waals surface area contributed by atoms with Crippen molar-refractivity contribution in [1.82, 2.24) is 4.57 Å². The summed E-state index contributed by atoms with van der Waals surface area (Å²) in [5, 5.41) is 0.353. The van der Waals surface area contributed by atoms with E-state index in [9.17, 15) is 18.0 Å². The molecule has 1 aromatic carbocycles. The first-order chi connectivity index (χ1) is 9.36. The van der Waals surface area contributed by atoms with Gasteiger partial charge in [0.25, 0.3) is 5.78 Å². The maximum atomic E-state index is 12.7. The molecule has 2 aromatic rings. The van der Waals surface area contributed by atoms with Gasteiger partial charge in [-0.25, -0.2) is 0 Å². The quantitative estimate of drug-likeness (QED) is 0.807. The van der Waals surface area contributed by atoms with Crippen molar-refractivity contribution < 1.29 is 22.7 Å². The number of hydrogen-bond acceptors (Lipinski definition) is 2. The molecule has 6 heteroatoms. The average molecular weight is 285 g/mol. The van der Waals surface area contributed by atoms with E-state index < -0.39 is 12.0 Å². The van der Waals surface area contributed by atoms with Gasteiger partial charge in [0, 0.05) is 30.8 Å². The number of hydrogen-bond donors (Lipinski definition) is 0. The number of aromatic nitrogens is 1. The zero-order valence-corrected chi connectivity index (χ0v) is 11.1. The number of alkyl halides is 3. The highest BCUT2D eigenvalue weighted by molar-refractivity contribution is 6.11. The summed E-state index contributed by atoms with van der Waals surface area (Å²) in [7, 11) is 1.51. The molecule has 0 aliphatic heterocycles. The van der Waals surface area contributed by atoms with Crippen molar-refractivity contribution in [3.05, 3.63) is 35.5 Å². The number of fused-ring (bicyclic) bond motifs is 1. The third kappa shape index (κ3) is 2.56. The van der Waals surface area contributed by atoms with Crippen LogP contribution in [0.25, 0.3) is 10.9 Å². The molecule has 0 bridgehead atoms. The summed E-state index contributed by atoms with van der Waals surface area (Å²) in [6.07, 6.45) is -3.62.